The van der Waals surface area contributed by atoms with Gasteiger partial charge in [-0.1, -0.05) is 11.6 Å². The highest BCUT2D eigenvalue weighted by atomic mass is 35.5. The summed E-state index contributed by atoms with van der Waals surface area (Å²) >= 11 is 5.40. The quantitative estimate of drug-likeness (QED) is 0.569. The highest BCUT2D eigenvalue weighted by Crippen LogP contribution is 2.17. The summed E-state index contributed by atoms with van der Waals surface area (Å²) in [6.07, 6.45) is 0.859. The Kier molecular flexibility index (Phi) is 2.29. The lowest BCUT2D eigenvalue weighted by atomic mass is 10.5. The molecule has 1 aliphatic heterocycles. The number of halogens is 1. The van der Waals surface area contributed by atoms with Crippen LogP contribution in [0.15, 0.2) is 11.1 Å². The van der Waals surface area contributed by atoms with E-state index in [1.165, 1.54) is 6.08 Å². The van der Waals surface area contributed by atoms with Crippen LogP contribution in [0, 0.1) is 0 Å². The summed E-state index contributed by atoms with van der Waals surface area (Å²) in [5.74, 6) is -0.514. The van der Waals surface area contributed by atoms with E-state index in [0.29, 0.717) is 6.61 Å². The van der Waals surface area contributed by atoms with Crippen LogP contribution in [0.2, 0.25) is 0 Å². The van der Waals surface area contributed by atoms with Crippen LogP contribution in [0.25, 0.3) is 0 Å². The molecule has 3 nitrogen and oxygen atoms in total. The molecule has 56 valence electrons. The van der Waals surface area contributed by atoms with Crippen molar-refractivity contribution in [3.63, 3.8) is 0 Å². The molecule has 0 spiro atoms. The van der Waals surface area contributed by atoms with Crippen molar-refractivity contribution in [3.05, 3.63) is 11.1 Å². The molecule has 1 unspecified atom stereocenters. The van der Waals surface area contributed by atoms with Gasteiger partial charge in [-0.25, -0.2) is 4.79 Å². The fraction of sp³-hybridized carbons (Fsp3) is 0.500. The van der Waals surface area contributed by atoms with Crippen molar-refractivity contribution in [2.45, 2.75) is 13.2 Å². The third kappa shape index (κ3) is 1.49. The highest BCUT2D eigenvalue weighted by molar-refractivity contribution is 6.41. The van der Waals surface area contributed by atoms with Crippen molar-refractivity contribution in [1.82, 2.24) is 0 Å². The first-order valence-electron chi connectivity index (χ1n) is 2.94. The van der Waals surface area contributed by atoms with E-state index in [1.54, 1.807) is 0 Å². The van der Waals surface area contributed by atoms with Gasteiger partial charge in [0.25, 0.3) is 0 Å². The number of rotatable bonds is 2. The van der Waals surface area contributed by atoms with Gasteiger partial charge in [0.15, 0.2) is 0 Å². The van der Waals surface area contributed by atoms with Crippen molar-refractivity contribution >= 4 is 17.6 Å². The van der Waals surface area contributed by atoms with Gasteiger partial charge in [-0.3, -0.25) is 0 Å². The number of esters is 1. The fourth-order valence-corrected chi connectivity index (χ4v) is 0.777. The van der Waals surface area contributed by atoms with Crippen molar-refractivity contribution in [2.24, 2.45) is 0 Å². The van der Waals surface area contributed by atoms with E-state index in [0.717, 1.165) is 0 Å². The number of ether oxygens (including phenoxy) is 2. The van der Waals surface area contributed by atoms with E-state index in [4.69, 9.17) is 16.3 Å². The third-order valence-electron chi connectivity index (χ3n) is 1.03. The summed E-state index contributed by atoms with van der Waals surface area (Å²) in [4.78, 5) is 10.6. The Bertz CT molecular complexity index is 176. The summed E-state index contributed by atoms with van der Waals surface area (Å²) < 4.78 is 9.57. The third-order valence-corrected chi connectivity index (χ3v) is 1.31. The van der Waals surface area contributed by atoms with Crippen LogP contribution in [0.1, 0.15) is 6.92 Å². The lowest BCUT2D eigenvalue weighted by Crippen LogP contribution is -2.11. The molecule has 0 radical (unpaired) electrons. The maximum absolute atomic E-state index is 10.6. The molecular weight excluding hydrogens is 156 g/mol. The maximum atomic E-state index is 10.6. The molecule has 0 N–H and O–H groups in total. The first-order valence-corrected chi connectivity index (χ1v) is 3.31. The molecule has 0 aromatic heterocycles. The summed E-state index contributed by atoms with van der Waals surface area (Å²) in [6.45, 7) is 2.31. The Balaban J connectivity index is 2.48. The number of hydrogen-bond acceptors (Lipinski definition) is 3. The molecule has 1 aliphatic rings. The normalized spacial score (nSPS) is 24.4. The van der Waals surface area contributed by atoms with E-state index in [-0.39, 0.29) is 5.03 Å². The number of hydrogen-bond donors (Lipinski definition) is 0. The van der Waals surface area contributed by atoms with Gasteiger partial charge in [0.2, 0.25) is 6.29 Å². The maximum Gasteiger partial charge on any atom is 0.352 e. The second-order valence-corrected chi connectivity index (χ2v) is 2.15. The lowest BCUT2D eigenvalue weighted by Gasteiger charge is -2.05. The van der Waals surface area contributed by atoms with Crippen LogP contribution in [0.5, 0.6) is 0 Å². The minimum atomic E-state index is -0.579. The minimum Gasteiger partial charge on any atom is -0.428 e. The van der Waals surface area contributed by atoms with Crippen LogP contribution in [0.4, 0.5) is 0 Å². The Morgan fingerprint density at radius 3 is 3.00 bits per heavy atom. The topological polar surface area (TPSA) is 35.5 Å². The van der Waals surface area contributed by atoms with Gasteiger partial charge in [-0.15, -0.1) is 0 Å². The van der Waals surface area contributed by atoms with Gasteiger partial charge >= 0.3 is 5.97 Å². The molecule has 10 heavy (non-hydrogen) atoms. The summed E-state index contributed by atoms with van der Waals surface area (Å²) in [6, 6.07) is 0. The number of cyclic esters (lactones) is 1. The van der Waals surface area contributed by atoms with Crippen molar-refractivity contribution < 1.29 is 14.3 Å². The summed E-state index contributed by atoms with van der Waals surface area (Å²) in [5, 5.41) is 0.0958. The molecule has 0 saturated heterocycles. The van der Waals surface area contributed by atoms with Gasteiger partial charge < -0.3 is 9.47 Å². The molecule has 0 aliphatic carbocycles. The van der Waals surface area contributed by atoms with Gasteiger partial charge in [0.05, 0.1) is 0 Å². The first-order chi connectivity index (χ1) is 4.74. The molecule has 1 atom stereocenters. The average Bonchev–Trinajstić information content (AvgIpc) is 2.14. The molecule has 4 heteroatoms. The Morgan fingerprint density at radius 2 is 2.60 bits per heavy atom. The van der Waals surface area contributed by atoms with E-state index >= 15 is 0 Å². The fourth-order valence-electron chi connectivity index (χ4n) is 0.630. The van der Waals surface area contributed by atoms with Crippen LogP contribution < -0.4 is 0 Å². The van der Waals surface area contributed by atoms with E-state index in [2.05, 4.69) is 4.74 Å². The van der Waals surface area contributed by atoms with Crippen LogP contribution in [0.3, 0.4) is 0 Å². The molecule has 1 heterocycles. The lowest BCUT2D eigenvalue weighted by molar-refractivity contribution is -0.157. The van der Waals surface area contributed by atoms with Crippen LogP contribution >= 0.6 is 11.6 Å². The molecule has 0 aromatic carbocycles. The number of carbonyl (C=O) groups excluding carboxylic acids is 1. The second kappa shape index (κ2) is 3.03. The predicted octanol–water partition coefficient (Wildman–Crippen LogP) is 1.03. The van der Waals surface area contributed by atoms with Crippen molar-refractivity contribution in [3.8, 4) is 0 Å². The minimum absolute atomic E-state index is 0.0958. The molecule has 0 aromatic rings. The van der Waals surface area contributed by atoms with Crippen LogP contribution in [-0.2, 0) is 14.3 Å². The van der Waals surface area contributed by atoms with E-state index < -0.39 is 12.3 Å². The van der Waals surface area contributed by atoms with Gasteiger partial charge in [-0.05, 0) is 6.92 Å². The molecule has 0 bridgehead atoms. The SMILES string of the molecule is CCOC1C=C(Cl)C(=O)O1. The largest absolute Gasteiger partial charge is 0.428 e. The standard InChI is InChI=1S/C6H7ClO3/c1-2-9-5-3-4(7)6(8)10-5/h3,5H,2H2,1H3. The monoisotopic (exact) mass is 162 g/mol. The highest BCUT2D eigenvalue weighted by Gasteiger charge is 2.23. The number of carbonyl (C=O) groups is 1. The zero-order valence-electron chi connectivity index (χ0n) is 5.46. The summed E-state index contributed by atoms with van der Waals surface area (Å²) in [7, 11) is 0. The Hall–Kier alpha value is -0.540. The van der Waals surface area contributed by atoms with Crippen LogP contribution in [-0.4, -0.2) is 18.9 Å². The van der Waals surface area contributed by atoms with Gasteiger partial charge in [0, 0.05) is 12.7 Å². The smallest absolute Gasteiger partial charge is 0.352 e. The first kappa shape index (κ1) is 7.57. The Morgan fingerprint density at radius 1 is 1.90 bits per heavy atom. The van der Waals surface area contributed by atoms with E-state index in [1.807, 2.05) is 6.92 Å². The summed E-state index contributed by atoms with van der Waals surface area (Å²) in [5.41, 5.74) is 0. The zero-order chi connectivity index (χ0) is 7.56. The predicted molar refractivity (Wildman–Crippen MR) is 35.4 cm³/mol. The molecule has 0 saturated carbocycles. The van der Waals surface area contributed by atoms with Gasteiger partial charge in [-0.2, -0.15) is 0 Å². The zero-order valence-corrected chi connectivity index (χ0v) is 6.22. The van der Waals surface area contributed by atoms with Crippen molar-refractivity contribution in [2.75, 3.05) is 6.61 Å². The van der Waals surface area contributed by atoms with Crippen molar-refractivity contribution in [1.29, 1.82) is 0 Å². The van der Waals surface area contributed by atoms with Gasteiger partial charge in [0.1, 0.15) is 5.03 Å². The molecule has 0 amide bonds. The molecule has 1 rings (SSSR count). The Labute approximate surface area is 63.6 Å². The second-order valence-electron chi connectivity index (χ2n) is 1.74. The molecular formula is C6H7ClO3. The van der Waals surface area contributed by atoms with E-state index in [9.17, 15) is 4.79 Å². The average molecular weight is 163 g/mol. The molecule has 0 fully saturated rings.